The Bertz CT molecular complexity index is 162. The summed E-state index contributed by atoms with van der Waals surface area (Å²) in [6.07, 6.45) is 0.796. The van der Waals surface area contributed by atoms with Crippen LogP contribution >= 0.6 is 0 Å². The van der Waals surface area contributed by atoms with Crippen LogP contribution in [0.5, 0.6) is 0 Å². The molecule has 0 aliphatic heterocycles. The molecule has 0 bridgehead atoms. The molecule has 1 unspecified atom stereocenters. The average Bonchev–Trinajstić information content (AvgIpc) is 1.81. The van der Waals surface area contributed by atoms with Gasteiger partial charge in [-0.15, -0.1) is 5.16 Å². The average molecular weight is 144 g/mol. The second-order valence-electron chi connectivity index (χ2n) is 1.76. The Kier molecular flexibility index (Phi) is 3.10. The van der Waals surface area contributed by atoms with Gasteiger partial charge >= 0.3 is 0 Å². The lowest BCUT2D eigenvalue weighted by molar-refractivity contribution is -0.128. The van der Waals surface area contributed by atoms with Crippen molar-refractivity contribution in [2.75, 3.05) is 0 Å². The van der Waals surface area contributed by atoms with Gasteiger partial charge in [0.15, 0.2) is 0 Å². The van der Waals surface area contributed by atoms with Gasteiger partial charge in [-0.05, 0) is 6.92 Å². The third-order valence-corrected chi connectivity index (χ3v) is 0.960. The first kappa shape index (κ1) is 8.61. The molecule has 3 N–H and O–H groups in total. The number of rotatable bonds is 3. The molecule has 0 saturated carbocycles. The van der Waals surface area contributed by atoms with E-state index in [1.165, 1.54) is 6.92 Å². The molecule has 0 rings (SSSR count). The standard InChI is InChI=1S/C5H8N2O3/c1-3(8)4(2-7-10)5(6)9/h2,4,10H,1H3,(H2,6,9)/b7-2-. The molecule has 0 spiro atoms. The summed E-state index contributed by atoms with van der Waals surface area (Å²) >= 11 is 0. The number of Topliss-reactive ketones (excluding diaryl/α,β-unsaturated/α-hetero) is 1. The molecule has 0 aromatic heterocycles. The zero-order valence-electron chi connectivity index (χ0n) is 5.44. The van der Waals surface area contributed by atoms with E-state index in [-0.39, 0.29) is 0 Å². The Labute approximate surface area is 57.5 Å². The van der Waals surface area contributed by atoms with Crippen molar-refractivity contribution in [1.82, 2.24) is 0 Å². The molecule has 0 heterocycles. The lowest BCUT2D eigenvalue weighted by atomic mass is 10.1. The number of oxime groups is 1. The summed E-state index contributed by atoms with van der Waals surface area (Å²) < 4.78 is 0. The van der Waals surface area contributed by atoms with Crippen LogP contribution in [0.3, 0.4) is 0 Å². The number of amides is 1. The van der Waals surface area contributed by atoms with E-state index in [1.807, 2.05) is 0 Å². The lowest BCUT2D eigenvalue weighted by Gasteiger charge is -1.98. The zero-order valence-corrected chi connectivity index (χ0v) is 5.44. The van der Waals surface area contributed by atoms with Crippen LogP contribution < -0.4 is 5.73 Å². The predicted molar refractivity (Wildman–Crippen MR) is 33.6 cm³/mol. The topological polar surface area (TPSA) is 92.8 Å². The Morgan fingerprint density at radius 1 is 1.70 bits per heavy atom. The van der Waals surface area contributed by atoms with Crippen LogP contribution in [0.25, 0.3) is 0 Å². The van der Waals surface area contributed by atoms with Crippen molar-refractivity contribution in [3.8, 4) is 0 Å². The number of nitrogens with zero attached hydrogens (tertiary/aromatic N) is 1. The minimum Gasteiger partial charge on any atom is -0.411 e. The highest BCUT2D eigenvalue weighted by Gasteiger charge is 2.17. The van der Waals surface area contributed by atoms with Crippen molar-refractivity contribution >= 4 is 17.9 Å². The zero-order chi connectivity index (χ0) is 8.15. The second kappa shape index (κ2) is 3.60. The summed E-state index contributed by atoms with van der Waals surface area (Å²) in [5.74, 6) is -2.36. The third kappa shape index (κ3) is 2.25. The van der Waals surface area contributed by atoms with Crippen LogP contribution in [0.1, 0.15) is 6.92 Å². The number of hydrogen-bond acceptors (Lipinski definition) is 4. The molecule has 0 aliphatic rings. The highest BCUT2D eigenvalue weighted by atomic mass is 16.4. The molecule has 1 atom stereocenters. The van der Waals surface area contributed by atoms with Gasteiger partial charge in [-0.2, -0.15) is 0 Å². The summed E-state index contributed by atoms with van der Waals surface area (Å²) in [7, 11) is 0. The fourth-order valence-corrected chi connectivity index (χ4v) is 0.445. The van der Waals surface area contributed by atoms with Crippen molar-refractivity contribution in [1.29, 1.82) is 0 Å². The monoisotopic (exact) mass is 144 g/mol. The maximum Gasteiger partial charge on any atom is 0.233 e. The molecule has 56 valence electrons. The highest BCUT2D eigenvalue weighted by molar-refractivity contribution is 6.12. The first-order chi connectivity index (χ1) is 4.59. The number of carbonyl (C=O) groups excluding carboxylic acids is 2. The van der Waals surface area contributed by atoms with Gasteiger partial charge in [0.1, 0.15) is 11.7 Å². The van der Waals surface area contributed by atoms with Crippen LogP contribution in [0.2, 0.25) is 0 Å². The molecule has 5 heteroatoms. The van der Waals surface area contributed by atoms with Crippen molar-refractivity contribution in [3.05, 3.63) is 0 Å². The fourth-order valence-electron chi connectivity index (χ4n) is 0.445. The Hall–Kier alpha value is -1.39. The molecule has 0 saturated heterocycles. The summed E-state index contributed by atoms with van der Waals surface area (Å²) in [6, 6.07) is 0. The third-order valence-electron chi connectivity index (χ3n) is 0.960. The Morgan fingerprint density at radius 2 is 2.20 bits per heavy atom. The molecule has 0 aromatic rings. The molecule has 0 aromatic carbocycles. The van der Waals surface area contributed by atoms with Gasteiger partial charge in [0.25, 0.3) is 0 Å². The predicted octanol–water partition coefficient (Wildman–Crippen LogP) is -0.863. The van der Waals surface area contributed by atoms with E-state index in [2.05, 4.69) is 5.16 Å². The van der Waals surface area contributed by atoms with Crippen LogP contribution in [0, 0.1) is 5.92 Å². The van der Waals surface area contributed by atoms with Crippen LogP contribution in [0.15, 0.2) is 5.16 Å². The van der Waals surface area contributed by atoms with Crippen LogP contribution in [-0.4, -0.2) is 23.1 Å². The van der Waals surface area contributed by atoms with Gasteiger partial charge in [0.05, 0.1) is 6.21 Å². The normalized spacial score (nSPS) is 13.3. The Morgan fingerprint density at radius 3 is 2.30 bits per heavy atom. The largest absolute Gasteiger partial charge is 0.411 e. The molecule has 1 amide bonds. The van der Waals surface area contributed by atoms with Gasteiger partial charge < -0.3 is 10.9 Å². The lowest BCUT2D eigenvalue weighted by Crippen LogP contribution is -2.29. The van der Waals surface area contributed by atoms with E-state index in [4.69, 9.17) is 10.9 Å². The maximum absolute atomic E-state index is 10.5. The van der Waals surface area contributed by atoms with Gasteiger partial charge in [-0.25, -0.2) is 0 Å². The molecular formula is C5H8N2O3. The van der Waals surface area contributed by atoms with Gasteiger partial charge in [-0.3, -0.25) is 9.59 Å². The fraction of sp³-hybridized carbons (Fsp3) is 0.400. The van der Waals surface area contributed by atoms with E-state index >= 15 is 0 Å². The minimum atomic E-state index is -1.11. The minimum absolute atomic E-state index is 0.440. The maximum atomic E-state index is 10.5. The van der Waals surface area contributed by atoms with Gasteiger partial charge in [-0.1, -0.05) is 0 Å². The van der Waals surface area contributed by atoms with E-state index in [0.29, 0.717) is 0 Å². The highest BCUT2D eigenvalue weighted by Crippen LogP contribution is 1.91. The van der Waals surface area contributed by atoms with Crippen LogP contribution in [-0.2, 0) is 9.59 Å². The summed E-state index contributed by atoms with van der Waals surface area (Å²) in [5.41, 5.74) is 4.76. The van der Waals surface area contributed by atoms with Crippen molar-refractivity contribution in [2.45, 2.75) is 6.92 Å². The number of ketones is 1. The van der Waals surface area contributed by atoms with Crippen molar-refractivity contribution in [2.24, 2.45) is 16.8 Å². The van der Waals surface area contributed by atoms with E-state index < -0.39 is 17.6 Å². The van der Waals surface area contributed by atoms with Crippen LogP contribution in [0.4, 0.5) is 0 Å². The van der Waals surface area contributed by atoms with Gasteiger partial charge in [0, 0.05) is 0 Å². The summed E-state index contributed by atoms with van der Waals surface area (Å²) in [4.78, 5) is 20.8. The number of hydrogen-bond donors (Lipinski definition) is 2. The SMILES string of the molecule is CC(=O)C(/C=N\O)C(N)=O. The molecule has 0 radical (unpaired) electrons. The quantitative estimate of drug-likeness (QED) is 0.233. The summed E-state index contributed by atoms with van der Waals surface area (Å²) in [6.45, 7) is 1.19. The van der Waals surface area contributed by atoms with E-state index in [0.717, 1.165) is 6.21 Å². The van der Waals surface area contributed by atoms with E-state index in [9.17, 15) is 9.59 Å². The molecule has 5 nitrogen and oxygen atoms in total. The molecule has 0 fully saturated rings. The number of nitrogens with two attached hydrogens (primary N) is 1. The number of primary amides is 1. The van der Waals surface area contributed by atoms with Crippen molar-refractivity contribution < 1.29 is 14.8 Å². The Balaban J connectivity index is 4.27. The molecular weight excluding hydrogens is 136 g/mol. The van der Waals surface area contributed by atoms with Crippen molar-refractivity contribution in [3.63, 3.8) is 0 Å². The first-order valence-electron chi connectivity index (χ1n) is 2.57. The second-order valence-corrected chi connectivity index (χ2v) is 1.76. The number of carbonyl (C=O) groups is 2. The smallest absolute Gasteiger partial charge is 0.233 e. The summed E-state index contributed by atoms with van der Waals surface area (Å²) in [5, 5.41) is 10.5. The molecule has 10 heavy (non-hydrogen) atoms. The molecule has 0 aliphatic carbocycles. The first-order valence-corrected chi connectivity index (χ1v) is 2.57. The van der Waals surface area contributed by atoms with Gasteiger partial charge in [0.2, 0.25) is 5.91 Å². The van der Waals surface area contributed by atoms with E-state index in [1.54, 1.807) is 0 Å².